The minimum atomic E-state index is -0.140. The van der Waals surface area contributed by atoms with Crippen LogP contribution in [0.15, 0.2) is 57.8 Å². The number of imidazole rings is 1. The minimum absolute atomic E-state index is 0.140. The fraction of sp³-hybridized carbons (Fsp3) is 0.143. The number of fused-ring (bicyclic) bond motifs is 5. The first-order valence-electron chi connectivity index (χ1n) is 9.04. The van der Waals surface area contributed by atoms with Crippen molar-refractivity contribution in [2.45, 2.75) is 20.3 Å². The highest BCUT2D eigenvalue weighted by Crippen LogP contribution is 2.25. The zero-order valence-corrected chi connectivity index (χ0v) is 16.9. The first-order chi connectivity index (χ1) is 13.6. The van der Waals surface area contributed by atoms with Gasteiger partial charge in [-0.05, 0) is 43.3 Å². The molecule has 5 aromatic rings. The molecular weight excluding hydrogens is 418 g/mol. The smallest absolute Gasteiger partial charge is 0.216 e. The van der Waals surface area contributed by atoms with Crippen LogP contribution in [-0.4, -0.2) is 24.1 Å². The molecule has 0 aliphatic rings. The number of para-hydroxylation sites is 2. The van der Waals surface area contributed by atoms with Crippen molar-refractivity contribution in [2.24, 2.45) is 0 Å². The van der Waals surface area contributed by atoms with Gasteiger partial charge in [-0.2, -0.15) is 5.10 Å². The second-order valence-electron chi connectivity index (χ2n) is 6.64. The van der Waals surface area contributed by atoms with Gasteiger partial charge in [0.25, 0.3) is 0 Å². The molecule has 0 saturated heterocycles. The van der Waals surface area contributed by atoms with Gasteiger partial charge >= 0.3 is 0 Å². The average Bonchev–Trinajstić information content (AvgIpc) is 3.10. The Morgan fingerprint density at radius 3 is 2.50 bits per heavy atom. The fourth-order valence-electron chi connectivity index (χ4n) is 3.56. The van der Waals surface area contributed by atoms with Gasteiger partial charge in [0.2, 0.25) is 5.43 Å². The van der Waals surface area contributed by atoms with E-state index in [4.69, 9.17) is 9.97 Å². The third kappa shape index (κ3) is 2.39. The summed E-state index contributed by atoms with van der Waals surface area (Å²) in [5.74, 6) is 0.840. The number of hydrogen-bond donors (Lipinski definition) is 0. The van der Waals surface area contributed by atoms with Crippen LogP contribution < -0.4 is 5.43 Å². The molecule has 0 saturated carbocycles. The normalized spacial score (nSPS) is 11.7. The van der Waals surface area contributed by atoms with E-state index in [2.05, 4.69) is 21.0 Å². The maximum absolute atomic E-state index is 13.1. The molecule has 0 spiro atoms. The van der Waals surface area contributed by atoms with E-state index >= 15 is 0 Å². The zero-order chi connectivity index (χ0) is 19.4. The predicted molar refractivity (Wildman–Crippen MR) is 113 cm³/mol. The molecule has 6 nitrogen and oxygen atoms in total. The van der Waals surface area contributed by atoms with Crippen LogP contribution >= 0.6 is 15.9 Å². The molecule has 0 aliphatic carbocycles. The molecule has 3 heterocycles. The largest absolute Gasteiger partial charge is 0.287 e. The number of aromatic nitrogens is 5. The van der Waals surface area contributed by atoms with Crippen molar-refractivity contribution in [1.29, 1.82) is 0 Å². The van der Waals surface area contributed by atoms with Crippen molar-refractivity contribution in [3.05, 3.63) is 74.7 Å². The Bertz CT molecular complexity index is 1430. The minimum Gasteiger partial charge on any atom is -0.287 e. The van der Waals surface area contributed by atoms with Gasteiger partial charge in [-0.15, -0.1) is 0 Å². The third-order valence-electron chi connectivity index (χ3n) is 4.89. The lowest BCUT2D eigenvalue weighted by Crippen LogP contribution is -2.19. The van der Waals surface area contributed by atoms with Crippen LogP contribution in [0.5, 0.6) is 0 Å². The highest BCUT2D eigenvalue weighted by atomic mass is 79.9. The highest BCUT2D eigenvalue weighted by molar-refractivity contribution is 9.10. The SMILES string of the molecule is CCc1nc2c(c(=O)c(C)nn2-c2ccc(Br)cc2)c2nc3ccccc3n12. The van der Waals surface area contributed by atoms with E-state index in [-0.39, 0.29) is 5.43 Å². The Morgan fingerprint density at radius 2 is 1.75 bits per heavy atom. The summed E-state index contributed by atoms with van der Waals surface area (Å²) in [5, 5.41) is 5.02. The number of benzene rings is 2. The van der Waals surface area contributed by atoms with Gasteiger partial charge in [-0.25, -0.2) is 14.6 Å². The summed E-state index contributed by atoms with van der Waals surface area (Å²) in [7, 11) is 0. The maximum atomic E-state index is 13.1. The van der Waals surface area contributed by atoms with Gasteiger partial charge < -0.3 is 0 Å². The van der Waals surface area contributed by atoms with E-state index in [1.54, 1.807) is 11.6 Å². The van der Waals surface area contributed by atoms with Crippen LogP contribution in [0.3, 0.4) is 0 Å². The van der Waals surface area contributed by atoms with Gasteiger partial charge in [0.1, 0.15) is 16.9 Å². The molecule has 0 fully saturated rings. The molecule has 0 aliphatic heterocycles. The number of hydrogen-bond acceptors (Lipinski definition) is 4. The van der Waals surface area contributed by atoms with Crippen molar-refractivity contribution in [3.8, 4) is 5.69 Å². The average molecular weight is 434 g/mol. The van der Waals surface area contributed by atoms with Crippen LogP contribution in [0.4, 0.5) is 0 Å². The summed E-state index contributed by atoms with van der Waals surface area (Å²) in [6.45, 7) is 3.77. The molecule has 0 atom stereocenters. The van der Waals surface area contributed by atoms with E-state index in [0.717, 1.165) is 27.0 Å². The molecule has 28 heavy (non-hydrogen) atoms. The lowest BCUT2D eigenvalue weighted by molar-refractivity contribution is 0.817. The standard InChI is InChI=1S/C21H16BrN5O/c1-3-17-24-21-18(20-23-15-6-4-5-7-16(15)26(17)20)19(28)12(2)25-27(21)14-10-8-13(22)9-11-14/h4-11H,3H2,1-2H3. The first kappa shape index (κ1) is 17.1. The van der Waals surface area contributed by atoms with Gasteiger partial charge in [0, 0.05) is 10.9 Å². The molecule has 7 heteroatoms. The molecule has 3 aromatic heterocycles. The quantitative estimate of drug-likeness (QED) is 0.418. The van der Waals surface area contributed by atoms with Gasteiger partial charge in [-0.3, -0.25) is 9.20 Å². The van der Waals surface area contributed by atoms with Gasteiger partial charge in [0.15, 0.2) is 11.3 Å². The Kier molecular flexibility index (Phi) is 3.80. The molecule has 0 bridgehead atoms. The van der Waals surface area contributed by atoms with E-state index in [9.17, 15) is 4.79 Å². The lowest BCUT2D eigenvalue weighted by atomic mass is 10.2. The first-order valence-corrected chi connectivity index (χ1v) is 9.83. The molecule has 0 amide bonds. The summed E-state index contributed by atoms with van der Waals surface area (Å²) in [6, 6.07) is 15.7. The molecule has 0 unspecified atom stereocenters. The van der Waals surface area contributed by atoms with Crippen molar-refractivity contribution < 1.29 is 0 Å². The summed E-state index contributed by atoms with van der Waals surface area (Å²) in [5.41, 5.74) is 4.06. The van der Waals surface area contributed by atoms with Crippen molar-refractivity contribution in [2.75, 3.05) is 0 Å². The van der Waals surface area contributed by atoms with E-state index in [0.29, 0.717) is 28.8 Å². The summed E-state index contributed by atoms with van der Waals surface area (Å²) in [6.07, 6.45) is 0.704. The monoisotopic (exact) mass is 433 g/mol. The van der Waals surface area contributed by atoms with Crippen molar-refractivity contribution >= 4 is 43.6 Å². The second kappa shape index (κ2) is 6.24. The fourth-order valence-corrected chi connectivity index (χ4v) is 3.83. The van der Waals surface area contributed by atoms with Crippen LogP contribution in [0, 0.1) is 6.92 Å². The highest BCUT2D eigenvalue weighted by Gasteiger charge is 2.19. The maximum Gasteiger partial charge on any atom is 0.216 e. The Labute approximate surface area is 168 Å². The molecule has 2 aromatic carbocycles. The molecule has 5 rings (SSSR count). The number of halogens is 1. The zero-order valence-electron chi connectivity index (χ0n) is 15.3. The second-order valence-corrected chi connectivity index (χ2v) is 7.56. The Balaban J connectivity index is 2.02. The topological polar surface area (TPSA) is 65.1 Å². The number of aryl methyl sites for hydroxylation is 2. The Hall–Kier alpha value is -3.06. The molecule has 0 N–H and O–H groups in total. The molecule has 0 radical (unpaired) electrons. The van der Waals surface area contributed by atoms with E-state index in [1.165, 1.54) is 0 Å². The van der Waals surface area contributed by atoms with Crippen molar-refractivity contribution in [1.82, 2.24) is 24.1 Å². The van der Waals surface area contributed by atoms with Crippen LogP contribution in [0.2, 0.25) is 0 Å². The van der Waals surface area contributed by atoms with Crippen molar-refractivity contribution in [3.63, 3.8) is 0 Å². The predicted octanol–water partition coefficient (Wildman–Crippen LogP) is 4.21. The van der Waals surface area contributed by atoms with Crippen LogP contribution in [0.25, 0.3) is 33.4 Å². The van der Waals surface area contributed by atoms with E-state index in [1.807, 2.05) is 59.9 Å². The number of nitrogens with zero attached hydrogens (tertiary/aromatic N) is 5. The summed E-state index contributed by atoms with van der Waals surface area (Å²) >= 11 is 3.46. The molecule has 138 valence electrons. The lowest BCUT2D eigenvalue weighted by Gasteiger charge is -2.13. The summed E-state index contributed by atoms with van der Waals surface area (Å²) < 4.78 is 4.70. The van der Waals surface area contributed by atoms with Crippen LogP contribution in [0.1, 0.15) is 18.4 Å². The molecular formula is C21H16BrN5O. The van der Waals surface area contributed by atoms with Gasteiger partial charge in [-0.1, -0.05) is 35.0 Å². The number of rotatable bonds is 2. The third-order valence-corrected chi connectivity index (χ3v) is 5.42. The van der Waals surface area contributed by atoms with E-state index < -0.39 is 0 Å². The van der Waals surface area contributed by atoms with Crippen LogP contribution in [-0.2, 0) is 6.42 Å². The Morgan fingerprint density at radius 1 is 1.00 bits per heavy atom. The summed E-state index contributed by atoms with van der Waals surface area (Å²) in [4.78, 5) is 22.7. The van der Waals surface area contributed by atoms with Gasteiger partial charge in [0.05, 0.1) is 16.7 Å².